The normalized spacial score (nSPS) is 47.1. The van der Waals surface area contributed by atoms with Crippen LogP contribution in [0.3, 0.4) is 0 Å². The highest BCUT2D eigenvalue weighted by Gasteiger charge is 2.74. The third kappa shape index (κ3) is 3.79. The maximum atomic E-state index is 14.2. The minimum absolute atomic E-state index is 0.0156. The summed E-state index contributed by atoms with van der Waals surface area (Å²) in [4.78, 5) is 27.4. The standard InChI is InChI=1S/C30H46O7/c1-25(2,36)12-11-21(33)30(8,37)23-19(32)14-27(5)20-10-9-16-17(13-18(31)24(35)26(16,3)4)29(20,7)22(34)15-28(23,27)6/h9,11-12,17-20,23-24,31-32,35-37H,10,13-15H2,1-8H3/t17-,18+,19+,20+,23+,24-,27+,28-,29+,30+/m1/s1. The van der Waals surface area contributed by atoms with Gasteiger partial charge < -0.3 is 25.5 Å². The van der Waals surface area contributed by atoms with Gasteiger partial charge in [0.15, 0.2) is 5.78 Å². The quantitative estimate of drug-likeness (QED) is 0.285. The second-order valence-corrected chi connectivity index (χ2v) is 14.4. The van der Waals surface area contributed by atoms with Crippen molar-refractivity contribution in [3.05, 3.63) is 23.8 Å². The average molecular weight is 519 g/mol. The zero-order valence-electron chi connectivity index (χ0n) is 23.6. The molecule has 10 atom stereocenters. The van der Waals surface area contributed by atoms with Crippen LogP contribution in [-0.4, -0.2) is 66.6 Å². The van der Waals surface area contributed by atoms with Crippen LogP contribution in [0.2, 0.25) is 0 Å². The summed E-state index contributed by atoms with van der Waals surface area (Å²) in [5.41, 5.74) is -5.07. The summed E-state index contributed by atoms with van der Waals surface area (Å²) in [6.07, 6.45) is 3.10. The van der Waals surface area contributed by atoms with E-state index >= 15 is 0 Å². The first-order valence-electron chi connectivity index (χ1n) is 13.6. The molecule has 208 valence electrons. The lowest BCUT2D eigenvalue weighted by Crippen LogP contribution is -2.65. The number of aliphatic hydroxyl groups excluding tert-OH is 3. The molecule has 0 aliphatic heterocycles. The minimum atomic E-state index is -1.94. The van der Waals surface area contributed by atoms with Crippen LogP contribution in [0.15, 0.2) is 23.8 Å². The van der Waals surface area contributed by atoms with Gasteiger partial charge in [0.25, 0.3) is 0 Å². The topological polar surface area (TPSA) is 135 Å². The van der Waals surface area contributed by atoms with E-state index in [-0.39, 0.29) is 24.0 Å². The number of aliphatic hydroxyl groups is 5. The Morgan fingerprint density at radius 2 is 1.59 bits per heavy atom. The second-order valence-electron chi connectivity index (χ2n) is 14.4. The summed E-state index contributed by atoms with van der Waals surface area (Å²) in [5, 5.41) is 54.6. The van der Waals surface area contributed by atoms with Crippen LogP contribution in [0.25, 0.3) is 0 Å². The van der Waals surface area contributed by atoms with E-state index in [4.69, 9.17) is 0 Å². The number of hydrogen-bond acceptors (Lipinski definition) is 7. The fourth-order valence-corrected chi connectivity index (χ4v) is 9.15. The first-order valence-corrected chi connectivity index (χ1v) is 13.6. The first kappa shape index (κ1) is 28.6. The van der Waals surface area contributed by atoms with Crippen molar-refractivity contribution >= 4 is 11.6 Å². The Balaban J connectivity index is 1.79. The number of rotatable bonds is 4. The second kappa shape index (κ2) is 8.31. The smallest absolute Gasteiger partial charge is 0.187 e. The SMILES string of the molecule is CC(C)(O)C=CC(=O)[C@](C)(O)[C@H]1[C@@H](O)C[C@@]2(C)[C@@H]3CC=C4[C@@H](C[C@H](O)[C@@H](O)C4(C)C)[C@]3(C)C(=O)C[C@]12C. The van der Waals surface area contributed by atoms with Crippen molar-refractivity contribution < 1.29 is 35.1 Å². The molecule has 3 fully saturated rings. The van der Waals surface area contributed by atoms with E-state index in [9.17, 15) is 35.1 Å². The van der Waals surface area contributed by atoms with Crippen molar-refractivity contribution in [1.29, 1.82) is 0 Å². The van der Waals surface area contributed by atoms with Crippen LogP contribution in [-0.2, 0) is 9.59 Å². The van der Waals surface area contributed by atoms with Gasteiger partial charge in [-0.15, -0.1) is 0 Å². The fraction of sp³-hybridized carbons (Fsp3) is 0.800. The Hall–Kier alpha value is -1.38. The van der Waals surface area contributed by atoms with Crippen molar-refractivity contribution in [2.75, 3.05) is 0 Å². The molecule has 0 unspecified atom stereocenters. The molecule has 4 aliphatic rings. The lowest BCUT2D eigenvalue weighted by atomic mass is 9.38. The number of carbonyl (C=O) groups is 2. The number of allylic oxidation sites excluding steroid dienone is 1. The Morgan fingerprint density at radius 3 is 2.16 bits per heavy atom. The molecule has 7 nitrogen and oxygen atoms in total. The van der Waals surface area contributed by atoms with E-state index in [0.29, 0.717) is 19.3 Å². The van der Waals surface area contributed by atoms with Crippen LogP contribution in [0.5, 0.6) is 0 Å². The summed E-state index contributed by atoms with van der Waals surface area (Å²) in [6.45, 7) is 14.3. The predicted octanol–water partition coefficient (Wildman–Crippen LogP) is 2.72. The van der Waals surface area contributed by atoms with E-state index in [1.807, 2.05) is 27.7 Å². The predicted molar refractivity (Wildman–Crippen MR) is 139 cm³/mol. The van der Waals surface area contributed by atoms with E-state index in [1.54, 1.807) is 0 Å². The Morgan fingerprint density at radius 1 is 1.00 bits per heavy atom. The number of ketones is 2. The average Bonchev–Trinajstić information content (AvgIpc) is 2.96. The third-order valence-electron chi connectivity index (χ3n) is 11.4. The monoisotopic (exact) mass is 518 g/mol. The van der Waals surface area contributed by atoms with Crippen molar-refractivity contribution in [2.45, 2.75) is 111 Å². The number of hydrogen-bond donors (Lipinski definition) is 5. The summed E-state index contributed by atoms with van der Waals surface area (Å²) < 4.78 is 0. The van der Waals surface area contributed by atoms with Crippen LogP contribution in [0.1, 0.15) is 81.1 Å². The van der Waals surface area contributed by atoms with Crippen LogP contribution < -0.4 is 0 Å². The van der Waals surface area contributed by atoms with Crippen LogP contribution in [0, 0.1) is 39.4 Å². The fourth-order valence-electron chi connectivity index (χ4n) is 9.15. The van der Waals surface area contributed by atoms with Crippen molar-refractivity contribution in [1.82, 2.24) is 0 Å². The molecule has 7 heteroatoms. The maximum absolute atomic E-state index is 14.2. The van der Waals surface area contributed by atoms with Gasteiger partial charge in [-0.25, -0.2) is 0 Å². The van der Waals surface area contributed by atoms with Crippen LogP contribution in [0.4, 0.5) is 0 Å². The lowest BCUT2D eigenvalue weighted by Gasteiger charge is -2.65. The molecule has 0 spiro atoms. The summed E-state index contributed by atoms with van der Waals surface area (Å²) in [5.74, 6) is -1.88. The highest BCUT2D eigenvalue weighted by molar-refractivity contribution is 5.97. The van der Waals surface area contributed by atoms with Gasteiger partial charge in [-0.3, -0.25) is 9.59 Å². The molecule has 37 heavy (non-hydrogen) atoms. The van der Waals surface area contributed by atoms with Gasteiger partial charge >= 0.3 is 0 Å². The van der Waals surface area contributed by atoms with E-state index in [0.717, 1.165) is 5.57 Å². The molecule has 0 aromatic rings. The Kier molecular flexibility index (Phi) is 6.43. The zero-order valence-corrected chi connectivity index (χ0v) is 23.6. The molecule has 0 amide bonds. The molecule has 4 aliphatic carbocycles. The number of carbonyl (C=O) groups excluding carboxylic acids is 2. The largest absolute Gasteiger partial charge is 0.393 e. The molecule has 4 rings (SSSR count). The minimum Gasteiger partial charge on any atom is -0.393 e. The van der Waals surface area contributed by atoms with Gasteiger partial charge in [0.1, 0.15) is 11.4 Å². The summed E-state index contributed by atoms with van der Waals surface area (Å²) in [6, 6.07) is 0. The van der Waals surface area contributed by atoms with E-state index in [2.05, 4.69) is 13.0 Å². The van der Waals surface area contributed by atoms with Gasteiger partial charge in [-0.2, -0.15) is 0 Å². The molecule has 0 aromatic carbocycles. The molecule has 0 bridgehead atoms. The molecular weight excluding hydrogens is 472 g/mol. The maximum Gasteiger partial charge on any atom is 0.187 e. The summed E-state index contributed by atoms with van der Waals surface area (Å²) >= 11 is 0. The molecule has 0 aromatic heterocycles. The van der Waals surface area contributed by atoms with Gasteiger partial charge in [-0.1, -0.05) is 52.3 Å². The van der Waals surface area contributed by atoms with Crippen LogP contribution >= 0.6 is 0 Å². The zero-order chi connectivity index (χ0) is 28.1. The van der Waals surface area contributed by atoms with Gasteiger partial charge in [0, 0.05) is 23.2 Å². The Labute approximate surface area is 220 Å². The third-order valence-corrected chi connectivity index (χ3v) is 11.4. The van der Waals surface area contributed by atoms with Crippen molar-refractivity contribution in [3.8, 4) is 0 Å². The van der Waals surface area contributed by atoms with E-state index in [1.165, 1.54) is 32.9 Å². The molecular formula is C30H46O7. The Bertz CT molecular complexity index is 1050. The lowest BCUT2D eigenvalue weighted by molar-refractivity contribution is -0.186. The number of fused-ring (bicyclic) bond motifs is 5. The van der Waals surface area contributed by atoms with Crippen molar-refractivity contribution in [3.63, 3.8) is 0 Å². The highest BCUT2D eigenvalue weighted by Crippen LogP contribution is 2.74. The first-order chi connectivity index (χ1) is 16.7. The van der Waals surface area contributed by atoms with Gasteiger partial charge in [-0.05, 0) is 68.8 Å². The summed E-state index contributed by atoms with van der Waals surface area (Å²) in [7, 11) is 0. The highest BCUT2D eigenvalue weighted by atomic mass is 16.3. The number of Topliss-reactive ketones (excluding diaryl/α,β-unsaturated/α-hetero) is 1. The molecule has 0 radical (unpaired) electrons. The molecule has 0 saturated heterocycles. The molecule has 5 N–H and O–H groups in total. The van der Waals surface area contributed by atoms with Crippen molar-refractivity contribution in [2.24, 2.45) is 39.4 Å². The van der Waals surface area contributed by atoms with E-state index < -0.39 is 62.9 Å². The molecule has 3 saturated carbocycles. The van der Waals surface area contributed by atoms with Gasteiger partial charge in [0.05, 0.1) is 23.9 Å². The van der Waals surface area contributed by atoms with Gasteiger partial charge in [0.2, 0.25) is 0 Å². The molecule has 0 heterocycles.